The lowest BCUT2D eigenvalue weighted by Gasteiger charge is -2.26. The Balaban J connectivity index is 2.18. The predicted molar refractivity (Wildman–Crippen MR) is 60.2 cm³/mol. The number of nitrogens with zero attached hydrogens (tertiary/aromatic N) is 2. The smallest absolute Gasteiger partial charge is 0.398 e. The summed E-state index contributed by atoms with van der Waals surface area (Å²) in [7, 11) is 0. The molecule has 5 nitrogen and oxygen atoms in total. The van der Waals surface area contributed by atoms with Gasteiger partial charge in [-0.15, -0.1) is 0 Å². The van der Waals surface area contributed by atoms with E-state index in [1.165, 1.54) is 18.5 Å². The van der Waals surface area contributed by atoms with Crippen molar-refractivity contribution in [1.82, 2.24) is 9.88 Å². The van der Waals surface area contributed by atoms with Gasteiger partial charge >= 0.3 is 6.18 Å². The molecule has 1 unspecified atom stereocenters. The molecular weight excluding hydrogens is 263 g/mol. The Bertz CT molecular complexity index is 506. The number of pyridine rings is 1. The third kappa shape index (κ3) is 2.35. The van der Waals surface area contributed by atoms with E-state index in [-0.39, 0.29) is 17.8 Å². The Kier molecular flexibility index (Phi) is 3.13. The number of carbonyl (C=O) groups is 1. The van der Waals surface area contributed by atoms with Crippen molar-refractivity contribution in [3.63, 3.8) is 0 Å². The van der Waals surface area contributed by atoms with E-state index in [1.54, 1.807) is 0 Å². The average molecular weight is 275 g/mol. The predicted octanol–water partition coefficient (Wildman–Crippen LogP) is 0.803. The van der Waals surface area contributed by atoms with Crippen molar-refractivity contribution >= 4 is 11.6 Å². The number of alkyl halides is 3. The number of anilines is 1. The fourth-order valence-corrected chi connectivity index (χ4v) is 1.95. The average Bonchev–Trinajstić information content (AvgIpc) is 2.72. The molecule has 1 aromatic rings. The number of nitrogen functional groups attached to an aromatic ring is 1. The molecule has 0 aliphatic carbocycles. The molecule has 1 atom stereocenters. The Morgan fingerprint density at radius 3 is 2.74 bits per heavy atom. The lowest BCUT2D eigenvalue weighted by Crippen LogP contribution is -2.48. The standard InChI is InChI=1S/C11H12F3N3O2/c12-11(13,14)10(19)2-4-17(6-10)9(18)7-5-16-3-1-8(7)15/h1,3,5,19H,2,4,6H2,(H2,15,16). The number of rotatable bonds is 1. The minimum atomic E-state index is -4.76. The summed E-state index contributed by atoms with van der Waals surface area (Å²) in [5.41, 5.74) is 2.90. The largest absolute Gasteiger partial charge is 0.419 e. The highest BCUT2D eigenvalue weighted by molar-refractivity contribution is 5.98. The molecular formula is C11H12F3N3O2. The monoisotopic (exact) mass is 275 g/mol. The number of aliphatic hydroxyl groups is 1. The van der Waals surface area contributed by atoms with E-state index < -0.39 is 30.7 Å². The Morgan fingerprint density at radius 1 is 1.53 bits per heavy atom. The molecule has 0 radical (unpaired) electrons. The van der Waals surface area contributed by atoms with Crippen molar-refractivity contribution < 1.29 is 23.1 Å². The molecule has 0 bridgehead atoms. The van der Waals surface area contributed by atoms with Crippen LogP contribution >= 0.6 is 0 Å². The summed E-state index contributed by atoms with van der Waals surface area (Å²) < 4.78 is 37.9. The number of amides is 1. The molecule has 1 saturated heterocycles. The highest BCUT2D eigenvalue weighted by Gasteiger charge is 2.57. The molecule has 0 aromatic carbocycles. The zero-order valence-corrected chi connectivity index (χ0v) is 9.81. The lowest BCUT2D eigenvalue weighted by atomic mass is 10.0. The van der Waals surface area contributed by atoms with Crippen LogP contribution in [0.5, 0.6) is 0 Å². The number of β-amino-alcohol motifs (C(OH)–C–C–N with tert-alkyl or cyclic N) is 1. The van der Waals surface area contributed by atoms with Crippen molar-refractivity contribution in [1.29, 1.82) is 0 Å². The summed E-state index contributed by atoms with van der Waals surface area (Å²) in [6, 6.07) is 1.39. The van der Waals surface area contributed by atoms with Crippen LogP contribution in [-0.2, 0) is 0 Å². The quantitative estimate of drug-likeness (QED) is 0.794. The molecule has 1 fully saturated rings. The summed E-state index contributed by atoms with van der Waals surface area (Å²) in [6.45, 7) is -0.965. The van der Waals surface area contributed by atoms with Crippen LogP contribution in [0.1, 0.15) is 16.8 Å². The first-order chi connectivity index (χ1) is 8.74. The van der Waals surface area contributed by atoms with E-state index in [0.717, 1.165) is 4.90 Å². The lowest BCUT2D eigenvalue weighted by molar-refractivity contribution is -0.253. The van der Waals surface area contributed by atoms with E-state index in [2.05, 4.69) is 4.98 Å². The minimum absolute atomic E-state index is 0.0360. The van der Waals surface area contributed by atoms with Gasteiger partial charge in [-0.3, -0.25) is 9.78 Å². The highest BCUT2D eigenvalue weighted by Crippen LogP contribution is 2.38. The summed E-state index contributed by atoms with van der Waals surface area (Å²) in [5, 5.41) is 9.50. The van der Waals surface area contributed by atoms with Crippen molar-refractivity contribution in [2.24, 2.45) is 0 Å². The molecule has 0 spiro atoms. The highest BCUT2D eigenvalue weighted by atomic mass is 19.4. The fourth-order valence-electron chi connectivity index (χ4n) is 1.95. The van der Waals surface area contributed by atoms with E-state index in [1.807, 2.05) is 0 Å². The van der Waals surface area contributed by atoms with Gasteiger partial charge in [0.25, 0.3) is 5.91 Å². The Labute approximate surface area is 106 Å². The Morgan fingerprint density at radius 2 is 2.21 bits per heavy atom. The number of hydrogen-bond acceptors (Lipinski definition) is 4. The van der Waals surface area contributed by atoms with Gasteiger partial charge < -0.3 is 15.7 Å². The first kappa shape index (κ1) is 13.6. The van der Waals surface area contributed by atoms with Crippen molar-refractivity contribution in [2.75, 3.05) is 18.8 Å². The molecule has 0 saturated carbocycles. The molecule has 1 aliphatic heterocycles. The normalized spacial score (nSPS) is 23.7. The second-order valence-electron chi connectivity index (χ2n) is 4.47. The summed E-state index contributed by atoms with van der Waals surface area (Å²) >= 11 is 0. The van der Waals surface area contributed by atoms with E-state index in [9.17, 15) is 23.1 Å². The fraction of sp³-hybridized carbons (Fsp3) is 0.455. The molecule has 1 aliphatic rings. The molecule has 2 heterocycles. The first-order valence-electron chi connectivity index (χ1n) is 5.52. The topological polar surface area (TPSA) is 79.5 Å². The molecule has 1 amide bonds. The number of likely N-dealkylation sites (tertiary alicyclic amines) is 1. The van der Waals surface area contributed by atoms with Gasteiger partial charge in [-0.1, -0.05) is 0 Å². The van der Waals surface area contributed by atoms with E-state index >= 15 is 0 Å². The van der Waals surface area contributed by atoms with E-state index in [4.69, 9.17) is 5.73 Å². The second kappa shape index (κ2) is 4.37. The van der Waals surface area contributed by atoms with Crippen LogP contribution < -0.4 is 5.73 Å². The summed E-state index contributed by atoms with van der Waals surface area (Å²) in [5.74, 6) is -0.661. The third-order valence-corrected chi connectivity index (χ3v) is 3.15. The zero-order valence-electron chi connectivity index (χ0n) is 9.81. The minimum Gasteiger partial charge on any atom is -0.398 e. The maximum absolute atomic E-state index is 12.6. The van der Waals surface area contributed by atoms with Crippen LogP contribution in [0.2, 0.25) is 0 Å². The van der Waals surface area contributed by atoms with Gasteiger partial charge in [0.1, 0.15) is 0 Å². The maximum atomic E-state index is 12.6. The molecule has 104 valence electrons. The van der Waals surface area contributed by atoms with Gasteiger partial charge in [0.15, 0.2) is 5.60 Å². The first-order valence-corrected chi connectivity index (χ1v) is 5.52. The third-order valence-electron chi connectivity index (χ3n) is 3.15. The number of hydrogen-bond donors (Lipinski definition) is 2. The van der Waals surface area contributed by atoms with Gasteiger partial charge in [-0.25, -0.2) is 0 Å². The van der Waals surface area contributed by atoms with Gasteiger partial charge in [0.05, 0.1) is 12.1 Å². The van der Waals surface area contributed by atoms with Crippen molar-refractivity contribution in [2.45, 2.75) is 18.2 Å². The van der Waals surface area contributed by atoms with Crippen molar-refractivity contribution in [3.05, 3.63) is 24.0 Å². The van der Waals surface area contributed by atoms with Crippen LogP contribution in [0.4, 0.5) is 18.9 Å². The van der Waals surface area contributed by atoms with Crippen molar-refractivity contribution in [3.8, 4) is 0 Å². The number of carbonyl (C=O) groups excluding carboxylic acids is 1. The van der Waals surface area contributed by atoms with Gasteiger partial charge in [-0.2, -0.15) is 13.2 Å². The van der Waals surface area contributed by atoms with Crippen LogP contribution in [0, 0.1) is 0 Å². The van der Waals surface area contributed by atoms with Gasteiger partial charge in [0.2, 0.25) is 0 Å². The summed E-state index contributed by atoms with van der Waals surface area (Å²) in [4.78, 5) is 16.7. The summed E-state index contributed by atoms with van der Waals surface area (Å²) in [6.07, 6.45) is -2.73. The van der Waals surface area contributed by atoms with E-state index in [0.29, 0.717) is 0 Å². The van der Waals surface area contributed by atoms with Crippen LogP contribution in [0.25, 0.3) is 0 Å². The second-order valence-corrected chi connectivity index (χ2v) is 4.47. The number of nitrogens with two attached hydrogens (primary N) is 1. The van der Waals surface area contributed by atoms with Crippen LogP contribution in [0.15, 0.2) is 18.5 Å². The van der Waals surface area contributed by atoms with Crippen LogP contribution in [-0.4, -0.2) is 45.8 Å². The molecule has 1 aromatic heterocycles. The van der Waals surface area contributed by atoms with Gasteiger partial charge in [0, 0.05) is 31.0 Å². The zero-order chi connectivity index (χ0) is 14.3. The molecule has 19 heavy (non-hydrogen) atoms. The molecule has 3 N–H and O–H groups in total. The SMILES string of the molecule is Nc1ccncc1C(=O)N1CCC(O)(C(F)(F)F)C1. The molecule has 8 heteroatoms. The maximum Gasteiger partial charge on any atom is 0.419 e. The number of aromatic nitrogens is 1. The molecule has 2 rings (SSSR count). The Hall–Kier alpha value is -1.83. The van der Waals surface area contributed by atoms with Crippen LogP contribution in [0.3, 0.4) is 0 Å². The van der Waals surface area contributed by atoms with Gasteiger partial charge in [-0.05, 0) is 6.07 Å². The number of halogens is 3.